The third kappa shape index (κ3) is 8.64. The summed E-state index contributed by atoms with van der Waals surface area (Å²) in [7, 11) is -0.976. The molecule has 3 heteroatoms. The molecule has 160 valence electrons. The van der Waals surface area contributed by atoms with Gasteiger partial charge in [0.25, 0.3) is 0 Å². The Labute approximate surface area is 175 Å². The van der Waals surface area contributed by atoms with E-state index in [0.717, 1.165) is 5.56 Å². The number of ether oxygens (including phenoxy) is 1. The van der Waals surface area contributed by atoms with Crippen LogP contribution in [0.3, 0.4) is 0 Å². The molecule has 0 N–H and O–H groups in total. The van der Waals surface area contributed by atoms with Gasteiger partial charge in [-0.15, -0.1) is 0 Å². The van der Waals surface area contributed by atoms with Crippen LogP contribution in [0, 0.1) is 6.92 Å². The number of hydrogen-bond donors (Lipinski definition) is 0. The van der Waals surface area contributed by atoms with E-state index < -0.39 is 12.9 Å². The van der Waals surface area contributed by atoms with E-state index in [-0.39, 0.29) is 5.97 Å². The summed E-state index contributed by atoms with van der Waals surface area (Å²) in [5.41, 5.74) is 2.72. The molecule has 0 aromatic heterocycles. The summed E-state index contributed by atoms with van der Waals surface area (Å²) >= 11 is 0. The summed E-state index contributed by atoms with van der Waals surface area (Å²) in [6, 6.07) is 6.43. The number of rotatable bonds is 12. The third-order valence-corrected chi connectivity index (χ3v) is 10.2. The Morgan fingerprint density at radius 1 is 0.929 bits per heavy atom. The molecule has 0 aliphatic rings. The first-order valence-electron chi connectivity index (χ1n) is 11.3. The molecule has 1 aromatic rings. The fourth-order valence-electron chi connectivity index (χ4n) is 3.83. The maximum atomic E-state index is 12.5. The average molecular weight is 408 g/mol. The quantitative estimate of drug-likeness (QED) is 0.260. The van der Waals surface area contributed by atoms with E-state index in [1.54, 1.807) is 0 Å². The summed E-state index contributed by atoms with van der Waals surface area (Å²) in [6.45, 7) is 14.7. The maximum absolute atomic E-state index is 12.5. The van der Waals surface area contributed by atoms with Crippen LogP contribution >= 0.6 is 7.26 Å². The number of carbonyl (C=O) groups excluding carboxylic acids is 1. The summed E-state index contributed by atoms with van der Waals surface area (Å²) in [4.78, 5) is 12.5. The van der Waals surface area contributed by atoms with Crippen LogP contribution in [0.5, 0.6) is 0 Å². The molecule has 0 atom stereocenters. The Morgan fingerprint density at radius 3 is 1.82 bits per heavy atom. The first kappa shape index (κ1) is 25.2. The van der Waals surface area contributed by atoms with Gasteiger partial charge < -0.3 is 4.74 Å². The predicted octanol–water partition coefficient (Wildman–Crippen LogP) is 7.87. The minimum atomic E-state index is -0.976. The van der Waals surface area contributed by atoms with E-state index in [0.29, 0.717) is 5.56 Å². The van der Waals surface area contributed by atoms with E-state index in [4.69, 9.17) is 4.74 Å². The van der Waals surface area contributed by atoms with E-state index >= 15 is 0 Å². The number of hydrogen-bond acceptors (Lipinski definition) is 2. The average Bonchev–Trinajstić information content (AvgIpc) is 2.61. The van der Waals surface area contributed by atoms with Gasteiger partial charge in [0.1, 0.15) is 5.60 Å². The maximum Gasteiger partial charge on any atom is 0.338 e. The minimum absolute atomic E-state index is 0.208. The molecule has 0 aliphatic heterocycles. The first-order chi connectivity index (χ1) is 13.2. The summed E-state index contributed by atoms with van der Waals surface area (Å²) in [5.74, 6) is -0.208. The van der Waals surface area contributed by atoms with Crippen LogP contribution < -0.4 is 0 Å². The number of carbonyl (C=O) groups is 1. The monoisotopic (exact) mass is 407 g/mol. The van der Waals surface area contributed by atoms with Gasteiger partial charge in [-0.25, -0.2) is 4.79 Å². The Morgan fingerprint density at radius 2 is 1.43 bits per heavy atom. The first-order valence-corrected chi connectivity index (χ1v) is 13.9. The standard InChI is InChI=1S/C25H44O2P/c1-8-11-16-28(17-12-9-2,18-13-10-3)20-22-14-15-23(21(4)19-22)24(26)27-25(5,6)7/h14-15,19H,8-13,16-18,20H2,1-7H3/q+1. The Hall–Kier alpha value is -0.880. The van der Waals surface area contributed by atoms with Crippen LogP contribution in [0.1, 0.15) is 102 Å². The highest BCUT2D eigenvalue weighted by molar-refractivity contribution is 7.75. The summed E-state index contributed by atoms with van der Waals surface area (Å²) in [6.07, 6.45) is 13.5. The molecule has 28 heavy (non-hydrogen) atoms. The van der Waals surface area contributed by atoms with Gasteiger partial charge in [-0.05, 0) is 64.2 Å². The second kappa shape index (κ2) is 12.0. The second-order valence-corrected chi connectivity index (χ2v) is 13.7. The molecule has 1 rings (SSSR count). The van der Waals surface area contributed by atoms with Gasteiger partial charge in [0.15, 0.2) is 0 Å². The van der Waals surface area contributed by atoms with Gasteiger partial charge in [-0.3, -0.25) is 0 Å². The third-order valence-electron chi connectivity index (χ3n) is 5.39. The van der Waals surface area contributed by atoms with Crippen LogP contribution in [0.15, 0.2) is 18.2 Å². The summed E-state index contributed by atoms with van der Waals surface area (Å²) in [5, 5.41) is 0. The van der Waals surface area contributed by atoms with Gasteiger partial charge in [0, 0.05) is 7.26 Å². The van der Waals surface area contributed by atoms with E-state index in [9.17, 15) is 4.79 Å². The van der Waals surface area contributed by atoms with Crippen molar-refractivity contribution in [1.82, 2.24) is 0 Å². The Bertz CT molecular complexity index is 579. The van der Waals surface area contributed by atoms with Gasteiger partial charge in [0.05, 0.1) is 30.2 Å². The smallest absolute Gasteiger partial charge is 0.338 e. The van der Waals surface area contributed by atoms with Crippen molar-refractivity contribution in [3.8, 4) is 0 Å². The zero-order valence-electron chi connectivity index (χ0n) is 19.6. The Kier molecular flexibility index (Phi) is 10.7. The van der Waals surface area contributed by atoms with Crippen LogP contribution in [0.25, 0.3) is 0 Å². The fraction of sp³-hybridized carbons (Fsp3) is 0.720. The van der Waals surface area contributed by atoms with Gasteiger partial charge in [-0.1, -0.05) is 52.2 Å². The molecular weight excluding hydrogens is 363 g/mol. The largest absolute Gasteiger partial charge is 0.456 e. The SMILES string of the molecule is CCCC[P+](CCCC)(CCCC)Cc1ccc(C(=O)OC(C)(C)C)c(C)c1. The molecule has 0 spiro atoms. The van der Waals surface area contributed by atoms with Crippen LogP contribution in [-0.4, -0.2) is 30.1 Å². The van der Waals surface area contributed by atoms with Gasteiger partial charge in [0.2, 0.25) is 0 Å². The molecule has 0 saturated carbocycles. The second-order valence-electron chi connectivity index (χ2n) is 9.38. The normalized spacial score (nSPS) is 12.2. The van der Waals surface area contributed by atoms with Crippen molar-refractivity contribution in [3.63, 3.8) is 0 Å². The lowest BCUT2D eigenvalue weighted by Gasteiger charge is -2.28. The molecule has 0 fully saturated rings. The predicted molar refractivity (Wildman–Crippen MR) is 126 cm³/mol. The van der Waals surface area contributed by atoms with Crippen molar-refractivity contribution in [2.75, 3.05) is 18.5 Å². The number of unbranched alkanes of at least 4 members (excludes halogenated alkanes) is 3. The van der Waals surface area contributed by atoms with Gasteiger partial charge in [-0.2, -0.15) is 0 Å². The Balaban J connectivity index is 3.06. The fourth-order valence-corrected chi connectivity index (χ4v) is 8.90. The van der Waals surface area contributed by atoms with Crippen molar-refractivity contribution in [3.05, 3.63) is 34.9 Å². The van der Waals surface area contributed by atoms with Crippen molar-refractivity contribution < 1.29 is 9.53 Å². The van der Waals surface area contributed by atoms with E-state index in [1.165, 1.54) is 68.7 Å². The molecule has 2 nitrogen and oxygen atoms in total. The number of aryl methyl sites for hydroxylation is 1. The zero-order valence-corrected chi connectivity index (χ0v) is 20.5. The van der Waals surface area contributed by atoms with Gasteiger partial charge >= 0.3 is 5.97 Å². The molecular formula is C25H44O2P+. The lowest BCUT2D eigenvalue weighted by atomic mass is 10.1. The van der Waals surface area contributed by atoms with E-state index in [1.807, 2.05) is 33.8 Å². The highest BCUT2D eigenvalue weighted by atomic mass is 31.2. The molecule has 0 amide bonds. The lowest BCUT2D eigenvalue weighted by molar-refractivity contribution is 0.00687. The summed E-state index contributed by atoms with van der Waals surface area (Å²) < 4.78 is 5.57. The molecule has 0 aliphatic carbocycles. The molecule has 1 aromatic carbocycles. The van der Waals surface area contributed by atoms with E-state index in [2.05, 4.69) is 32.9 Å². The zero-order chi connectivity index (χ0) is 21.2. The molecule has 0 radical (unpaired) electrons. The van der Waals surface area contributed by atoms with Crippen molar-refractivity contribution in [1.29, 1.82) is 0 Å². The van der Waals surface area contributed by atoms with Crippen LogP contribution in [0.4, 0.5) is 0 Å². The van der Waals surface area contributed by atoms with Crippen LogP contribution in [-0.2, 0) is 10.9 Å². The van der Waals surface area contributed by atoms with Crippen molar-refractivity contribution in [2.24, 2.45) is 0 Å². The topological polar surface area (TPSA) is 26.3 Å². The number of esters is 1. The van der Waals surface area contributed by atoms with Crippen LogP contribution in [0.2, 0.25) is 0 Å². The van der Waals surface area contributed by atoms with Crippen molar-refractivity contribution >= 4 is 13.2 Å². The highest BCUT2D eigenvalue weighted by Crippen LogP contribution is 2.63. The molecule has 0 unspecified atom stereocenters. The molecule has 0 saturated heterocycles. The molecule has 0 bridgehead atoms. The highest BCUT2D eigenvalue weighted by Gasteiger charge is 2.35. The molecule has 0 heterocycles. The lowest BCUT2D eigenvalue weighted by Crippen LogP contribution is -2.24. The number of benzene rings is 1. The minimum Gasteiger partial charge on any atom is -0.456 e. The van der Waals surface area contributed by atoms with Crippen molar-refractivity contribution in [2.45, 2.75) is 98.8 Å².